The lowest BCUT2D eigenvalue weighted by atomic mass is 10.1. The van der Waals surface area contributed by atoms with Crippen molar-refractivity contribution in [3.05, 3.63) is 35.4 Å². The van der Waals surface area contributed by atoms with Crippen molar-refractivity contribution in [2.45, 2.75) is 13.5 Å². The van der Waals surface area contributed by atoms with Gasteiger partial charge >= 0.3 is 0 Å². The fraction of sp³-hybridized carbons (Fsp3) is 0.333. The Morgan fingerprint density at radius 2 is 2.20 bits per heavy atom. The van der Waals surface area contributed by atoms with Crippen LogP contribution in [-0.4, -0.2) is 7.11 Å². The summed E-state index contributed by atoms with van der Waals surface area (Å²) in [5, 5.41) is 0. The molecular weight excluding hydrogens is 124 g/mol. The molecule has 0 aromatic heterocycles. The quantitative estimate of drug-likeness (QED) is 0.605. The third-order valence-electron chi connectivity index (χ3n) is 1.39. The molecule has 0 bridgehead atoms. The number of ether oxygens (including phenoxy) is 1. The molecule has 0 radical (unpaired) electrons. The van der Waals surface area contributed by atoms with Gasteiger partial charge in [-0.3, -0.25) is 0 Å². The van der Waals surface area contributed by atoms with E-state index in [4.69, 9.17) is 4.74 Å². The van der Waals surface area contributed by atoms with Gasteiger partial charge in [0, 0.05) is 7.11 Å². The van der Waals surface area contributed by atoms with Crippen LogP contribution < -0.4 is 0 Å². The van der Waals surface area contributed by atoms with E-state index in [1.807, 2.05) is 6.07 Å². The van der Waals surface area contributed by atoms with Crippen LogP contribution in [0, 0.1) is 6.92 Å². The summed E-state index contributed by atoms with van der Waals surface area (Å²) in [6, 6.07) is 8.32. The zero-order valence-corrected chi connectivity index (χ0v) is 6.42. The Kier molecular flexibility index (Phi) is 2.46. The largest absolute Gasteiger partial charge is 0.380 e. The monoisotopic (exact) mass is 136 g/mol. The van der Waals surface area contributed by atoms with Crippen LogP contribution in [0.2, 0.25) is 0 Å². The molecular formula is C9H12O. The minimum Gasteiger partial charge on any atom is -0.380 e. The summed E-state index contributed by atoms with van der Waals surface area (Å²) in [6.07, 6.45) is 0. The Bertz CT molecular complexity index is 206. The van der Waals surface area contributed by atoms with Gasteiger partial charge in [-0.15, -0.1) is 0 Å². The second-order valence-corrected chi connectivity index (χ2v) is 2.42. The summed E-state index contributed by atoms with van der Waals surface area (Å²) in [5.41, 5.74) is 2.53. The molecule has 0 amide bonds. The Hall–Kier alpha value is -0.820. The molecule has 0 unspecified atom stereocenters. The molecule has 0 spiro atoms. The highest BCUT2D eigenvalue weighted by molar-refractivity contribution is 5.21. The highest BCUT2D eigenvalue weighted by Gasteiger charge is 1.89. The van der Waals surface area contributed by atoms with E-state index in [1.54, 1.807) is 7.11 Å². The summed E-state index contributed by atoms with van der Waals surface area (Å²) in [6.45, 7) is 2.79. The van der Waals surface area contributed by atoms with E-state index in [0.717, 1.165) is 0 Å². The normalized spacial score (nSPS) is 9.80. The highest BCUT2D eigenvalue weighted by Crippen LogP contribution is 2.03. The van der Waals surface area contributed by atoms with Gasteiger partial charge in [0.25, 0.3) is 0 Å². The fourth-order valence-electron chi connectivity index (χ4n) is 0.969. The first-order chi connectivity index (χ1) is 4.83. The second kappa shape index (κ2) is 3.37. The van der Waals surface area contributed by atoms with Crippen LogP contribution >= 0.6 is 0 Å². The molecule has 54 valence electrons. The lowest BCUT2D eigenvalue weighted by molar-refractivity contribution is 0.185. The van der Waals surface area contributed by atoms with E-state index in [9.17, 15) is 0 Å². The molecule has 0 aliphatic rings. The van der Waals surface area contributed by atoms with Gasteiger partial charge in [0.2, 0.25) is 0 Å². The maximum absolute atomic E-state index is 4.98. The van der Waals surface area contributed by atoms with Crippen LogP contribution in [0.25, 0.3) is 0 Å². The molecule has 0 heterocycles. The topological polar surface area (TPSA) is 9.23 Å². The van der Waals surface area contributed by atoms with Gasteiger partial charge < -0.3 is 4.74 Å². The average molecular weight is 136 g/mol. The first-order valence-corrected chi connectivity index (χ1v) is 3.37. The van der Waals surface area contributed by atoms with Gasteiger partial charge in [0.05, 0.1) is 6.61 Å². The van der Waals surface area contributed by atoms with Crippen molar-refractivity contribution in [1.29, 1.82) is 0 Å². The maximum atomic E-state index is 4.98. The minimum absolute atomic E-state index is 0.710. The summed E-state index contributed by atoms with van der Waals surface area (Å²) in [5.74, 6) is 0. The van der Waals surface area contributed by atoms with E-state index in [0.29, 0.717) is 6.61 Å². The number of benzene rings is 1. The Labute approximate surface area is 61.6 Å². The van der Waals surface area contributed by atoms with Gasteiger partial charge in [-0.1, -0.05) is 29.8 Å². The second-order valence-electron chi connectivity index (χ2n) is 2.42. The van der Waals surface area contributed by atoms with Crippen molar-refractivity contribution in [1.82, 2.24) is 0 Å². The smallest absolute Gasteiger partial charge is 0.0713 e. The Morgan fingerprint density at radius 3 is 2.80 bits per heavy atom. The van der Waals surface area contributed by atoms with Gasteiger partial charge in [-0.2, -0.15) is 0 Å². The Morgan fingerprint density at radius 1 is 1.40 bits per heavy atom. The van der Waals surface area contributed by atoms with Gasteiger partial charge in [-0.25, -0.2) is 0 Å². The summed E-state index contributed by atoms with van der Waals surface area (Å²) in [4.78, 5) is 0. The summed E-state index contributed by atoms with van der Waals surface area (Å²) < 4.78 is 4.98. The third kappa shape index (κ3) is 1.85. The molecule has 0 aliphatic carbocycles. The molecule has 0 aliphatic heterocycles. The number of aryl methyl sites for hydroxylation is 1. The SMILES string of the molecule is COCc1cccc(C)c1. The lowest BCUT2D eigenvalue weighted by Gasteiger charge is -1.98. The zero-order chi connectivity index (χ0) is 7.40. The van der Waals surface area contributed by atoms with Crippen molar-refractivity contribution in [2.24, 2.45) is 0 Å². The molecule has 1 nitrogen and oxygen atoms in total. The first kappa shape index (κ1) is 7.29. The predicted octanol–water partition coefficient (Wildman–Crippen LogP) is 2.14. The maximum Gasteiger partial charge on any atom is 0.0713 e. The van der Waals surface area contributed by atoms with Crippen LogP contribution in [0.5, 0.6) is 0 Å². The van der Waals surface area contributed by atoms with Crippen molar-refractivity contribution in [3.8, 4) is 0 Å². The molecule has 0 N–H and O–H groups in total. The van der Waals surface area contributed by atoms with E-state index < -0.39 is 0 Å². The molecule has 0 fully saturated rings. The van der Waals surface area contributed by atoms with E-state index in [-0.39, 0.29) is 0 Å². The summed E-state index contributed by atoms with van der Waals surface area (Å²) >= 11 is 0. The average Bonchev–Trinajstić information content (AvgIpc) is 1.88. The fourth-order valence-corrected chi connectivity index (χ4v) is 0.969. The van der Waals surface area contributed by atoms with Gasteiger partial charge in [0.1, 0.15) is 0 Å². The molecule has 0 saturated carbocycles. The third-order valence-corrected chi connectivity index (χ3v) is 1.39. The molecule has 1 aromatic rings. The van der Waals surface area contributed by atoms with Crippen LogP contribution in [0.15, 0.2) is 24.3 Å². The lowest BCUT2D eigenvalue weighted by Crippen LogP contribution is -1.86. The molecule has 1 rings (SSSR count). The van der Waals surface area contributed by atoms with Crippen LogP contribution in [0.3, 0.4) is 0 Å². The predicted molar refractivity (Wildman–Crippen MR) is 41.9 cm³/mol. The first-order valence-electron chi connectivity index (χ1n) is 3.37. The van der Waals surface area contributed by atoms with Crippen molar-refractivity contribution >= 4 is 0 Å². The van der Waals surface area contributed by atoms with Crippen LogP contribution in [0.4, 0.5) is 0 Å². The molecule has 0 saturated heterocycles. The molecule has 1 heteroatoms. The van der Waals surface area contributed by atoms with Crippen molar-refractivity contribution in [3.63, 3.8) is 0 Å². The van der Waals surface area contributed by atoms with Crippen LogP contribution in [0.1, 0.15) is 11.1 Å². The number of methoxy groups -OCH3 is 1. The molecule has 0 atom stereocenters. The van der Waals surface area contributed by atoms with E-state index >= 15 is 0 Å². The summed E-state index contributed by atoms with van der Waals surface area (Å²) in [7, 11) is 1.71. The van der Waals surface area contributed by atoms with E-state index in [1.165, 1.54) is 11.1 Å². The van der Waals surface area contributed by atoms with Gasteiger partial charge in [-0.05, 0) is 12.5 Å². The highest BCUT2D eigenvalue weighted by atomic mass is 16.5. The van der Waals surface area contributed by atoms with Gasteiger partial charge in [0.15, 0.2) is 0 Å². The van der Waals surface area contributed by atoms with Crippen LogP contribution in [-0.2, 0) is 11.3 Å². The minimum atomic E-state index is 0.710. The zero-order valence-electron chi connectivity index (χ0n) is 6.42. The number of hydrogen-bond acceptors (Lipinski definition) is 1. The van der Waals surface area contributed by atoms with Crippen molar-refractivity contribution < 1.29 is 4.74 Å². The number of hydrogen-bond donors (Lipinski definition) is 0. The van der Waals surface area contributed by atoms with Crippen molar-refractivity contribution in [2.75, 3.05) is 7.11 Å². The number of rotatable bonds is 2. The standard InChI is InChI=1S/C9H12O/c1-8-4-3-5-9(6-8)7-10-2/h3-6H,7H2,1-2H3. The molecule has 1 aromatic carbocycles. The van der Waals surface area contributed by atoms with E-state index in [2.05, 4.69) is 25.1 Å². The molecule has 10 heavy (non-hydrogen) atoms. The Balaban J connectivity index is 2.75.